The molecule has 174 valence electrons. The van der Waals surface area contributed by atoms with E-state index in [9.17, 15) is 13.2 Å². The fourth-order valence-corrected chi connectivity index (χ4v) is 5.80. The average Bonchev–Trinajstić information content (AvgIpc) is 3.49. The Hall–Kier alpha value is -3.16. The van der Waals surface area contributed by atoms with Crippen LogP contribution in [0.5, 0.6) is 0 Å². The number of aromatic nitrogens is 3. The number of nitriles is 1. The van der Waals surface area contributed by atoms with E-state index in [2.05, 4.69) is 29.2 Å². The summed E-state index contributed by atoms with van der Waals surface area (Å²) in [6.45, 7) is 7.40. The molecule has 5 rings (SSSR count). The maximum atomic E-state index is 12.7. The fraction of sp³-hybridized carbons (Fsp3) is 0.435. The summed E-state index contributed by atoms with van der Waals surface area (Å²) in [7, 11) is -3.48. The predicted octanol–water partition coefficient (Wildman–Crippen LogP) is 3.44. The number of hydrogen-bond acceptors (Lipinski definition) is 6. The van der Waals surface area contributed by atoms with E-state index in [4.69, 9.17) is 5.26 Å². The Morgan fingerprint density at radius 3 is 2.42 bits per heavy atom. The zero-order valence-corrected chi connectivity index (χ0v) is 19.8. The molecule has 0 radical (unpaired) electrons. The first-order valence-corrected chi connectivity index (χ1v) is 12.3. The molecule has 0 unspecified atom stereocenters. The molecule has 9 nitrogen and oxygen atoms in total. The zero-order chi connectivity index (χ0) is 23.8. The van der Waals surface area contributed by atoms with Gasteiger partial charge < -0.3 is 10.3 Å². The highest BCUT2D eigenvalue weighted by molar-refractivity contribution is 7.89. The highest BCUT2D eigenvalue weighted by atomic mass is 32.2. The van der Waals surface area contributed by atoms with Crippen molar-refractivity contribution in [3.63, 3.8) is 0 Å². The van der Waals surface area contributed by atoms with Gasteiger partial charge in [0.25, 0.3) is 5.56 Å². The van der Waals surface area contributed by atoms with Gasteiger partial charge in [-0.25, -0.2) is 8.42 Å². The Morgan fingerprint density at radius 2 is 1.85 bits per heavy atom. The van der Waals surface area contributed by atoms with Crippen LogP contribution in [-0.4, -0.2) is 40.6 Å². The van der Waals surface area contributed by atoms with Gasteiger partial charge in [0, 0.05) is 38.4 Å². The third-order valence-electron chi connectivity index (χ3n) is 5.77. The van der Waals surface area contributed by atoms with Gasteiger partial charge in [0.1, 0.15) is 5.39 Å². The maximum absolute atomic E-state index is 12.7. The Bertz CT molecular complexity index is 1350. The normalized spacial score (nSPS) is 17.5. The molecule has 33 heavy (non-hydrogen) atoms. The molecule has 1 saturated heterocycles. The second-order valence-electron chi connectivity index (χ2n) is 9.35. The van der Waals surface area contributed by atoms with E-state index >= 15 is 0 Å². The summed E-state index contributed by atoms with van der Waals surface area (Å²) in [5, 5.41) is 15.6. The van der Waals surface area contributed by atoms with Crippen LogP contribution in [0.25, 0.3) is 10.9 Å². The molecule has 10 heteroatoms. The molecule has 0 bridgehead atoms. The number of sulfonamides is 1. The number of aromatic amines is 1. The third-order valence-corrected chi connectivity index (χ3v) is 7.57. The molecule has 0 atom stereocenters. The summed E-state index contributed by atoms with van der Waals surface area (Å²) < 4.78 is 28.9. The van der Waals surface area contributed by atoms with Crippen molar-refractivity contribution in [2.45, 2.75) is 45.1 Å². The van der Waals surface area contributed by atoms with E-state index in [0.29, 0.717) is 35.9 Å². The lowest BCUT2D eigenvalue weighted by molar-refractivity contribution is 0.111. The minimum atomic E-state index is -3.48. The molecule has 2 aromatic heterocycles. The van der Waals surface area contributed by atoms with Crippen molar-refractivity contribution in [2.75, 3.05) is 18.4 Å². The first-order chi connectivity index (χ1) is 15.6. The Morgan fingerprint density at radius 1 is 1.21 bits per heavy atom. The smallest absolute Gasteiger partial charge is 0.261 e. The third kappa shape index (κ3) is 4.79. The molecule has 1 aliphatic heterocycles. The molecule has 2 fully saturated rings. The lowest BCUT2D eigenvalue weighted by atomic mass is 9.87. The lowest BCUT2D eigenvalue weighted by Crippen LogP contribution is -2.55. The summed E-state index contributed by atoms with van der Waals surface area (Å²) in [6, 6.07) is 10.2. The van der Waals surface area contributed by atoms with Crippen molar-refractivity contribution in [2.24, 2.45) is 11.3 Å². The van der Waals surface area contributed by atoms with E-state index in [0.717, 1.165) is 12.1 Å². The van der Waals surface area contributed by atoms with Crippen molar-refractivity contribution in [1.29, 1.82) is 5.26 Å². The minimum absolute atomic E-state index is 0.0297. The minimum Gasteiger partial charge on any atom is -0.338 e. The van der Waals surface area contributed by atoms with Crippen LogP contribution in [0.3, 0.4) is 0 Å². The molecule has 3 aromatic rings. The molecule has 1 aliphatic carbocycles. The maximum Gasteiger partial charge on any atom is 0.261 e. The largest absolute Gasteiger partial charge is 0.338 e. The standard InChI is InChI=1S/C21H25N5O3S.C2H3N/c1-21(2)12-25(13-21)30(28,29)16-7-5-15(6-8-16)23-19-18-17(9-10-22-20(18)27)26(24-19)11-14-3-4-14;1-2-3/h5-10,14H,3-4,11-13H2,1-2H3,(H,22,27)(H,23,24);1H3. The average molecular weight is 469 g/mol. The van der Waals surface area contributed by atoms with Crippen LogP contribution in [0.4, 0.5) is 11.5 Å². The number of nitrogens with one attached hydrogen (secondary N) is 2. The van der Waals surface area contributed by atoms with Gasteiger partial charge in [0.05, 0.1) is 16.5 Å². The van der Waals surface area contributed by atoms with Gasteiger partial charge >= 0.3 is 0 Å². The molecule has 2 aliphatic rings. The molecular weight excluding hydrogens is 440 g/mol. The molecule has 1 saturated carbocycles. The van der Waals surface area contributed by atoms with E-state index in [1.807, 2.05) is 10.7 Å². The molecule has 2 N–H and O–H groups in total. The summed E-state index contributed by atoms with van der Waals surface area (Å²) >= 11 is 0. The van der Waals surface area contributed by atoms with Crippen LogP contribution in [0.2, 0.25) is 0 Å². The summed E-state index contributed by atoms with van der Waals surface area (Å²) in [6.07, 6.45) is 4.02. The number of benzene rings is 1. The van der Waals surface area contributed by atoms with Gasteiger partial charge in [0.15, 0.2) is 5.82 Å². The van der Waals surface area contributed by atoms with Crippen LogP contribution in [0.15, 0.2) is 46.2 Å². The number of H-pyrrole nitrogens is 1. The van der Waals surface area contributed by atoms with Crippen molar-refractivity contribution in [3.05, 3.63) is 46.9 Å². The van der Waals surface area contributed by atoms with Crippen molar-refractivity contribution < 1.29 is 8.42 Å². The lowest BCUT2D eigenvalue weighted by Gasteiger charge is -2.44. The fourth-order valence-electron chi connectivity index (χ4n) is 3.98. The number of rotatable bonds is 6. The second-order valence-corrected chi connectivity index (χ2v) is 11.3. The van der Waals surface area contributed by atoms with Gasteiger partial charge in [-0.15, -0.1) is 0 Å². The van der Waals surface area contributed by atoms with E-state index in [1.54, 1.807) is 36.5 Å². The summed E-state index contributed by atoms with van der Waals surface area (Å²) in [5.41, 5.74) is 1.31. The molecule has 3 heterocycles. The van der Waals surface area contributed by atoms with Crippen LogP contribution < -0.4 is 10.9 Å². The van der Waals surface area contributed by atoms with Crippen LogP contribution in [-0.2, 0) is 16.6 Å². The summed E-state index contributed by atoms with van der Waals surface area (Å²) in [4.78, 5) is 15.4. The van der Waals surface area contributed by atoms with Gasteiger partial charge in [-0.2, -0.15) is 14.7 Å². The number of hydrogen-bond donors (Lipinski definition) is 2. The van der Waals surface area contributed by atoms with Gasteiger partial charge in [-0.05, 0) is 54.5 Å². The topological polar surface area (TPSA) is 124 Å². The van der Waals surface area contributed by atoms with E-state index in [-0.39, 0.29) is 15.9 Å². The monoisotopic (exact) mass is 468 g/mol. The zero-order valence-electron chi connectivity index (χ0n) is 19.0. The number of fused-ring (bicyclic) bond motifs is 1. The number of pyridine rings is 1. The number of anilines is 2. The SMILES string of the molecule is CC#N.CC1(C)CN(S(=O)(=O)c2ccc(Nc3nn(CC4CC4)c4cc[nH]c(=O)c34)cc2)C1. The second kappa shape index (κ2) is 8.65. The van der Waals surface area contributed by atoms with Crippen LogP contribution in [0, 0.1) is 22.7 Å². The van der Waals surface area contributed by atoms with Crippen molar-refractivity contribution in [3.8, 4) is 6.07 Å². The molecule has 1 aromatic carbocycles. The Labute approximate surface area is 193 Å². The molecule has 0 amide bonds. The quantitative estimate of drug-likeness (QED) is 0.571. The van der Waals surface area contributed by atoms with Gasteiger partial charge in [-0.1, -0.05) is 13.8 Å². The molecular formula is C23H28N6O3S. The Kier molecular flexibility index (Phi) is 6.03. The van der Waals surface area contributed by atoms with Crippen LogP contribution in [0.1, 0.15) is 33.6 Å². The Balaban J connectivity index is 0.000000821. The first-order valence-electron chi connectivity index (χ1n) is 10.9. The van der Waals surface area contributed by atoms with E-state index < -0.39 is 10.0 Å². The van der Waals surface area contributed by atoms with Gasteiger partial charge in [0.2, 0.25) is 10.0 Å². The predicted molar refractivity (Wildman–Crippen MR) is 127 cm³/mol. The number of nitrogens with zero attached hydrogens (tertiary/aromatic N) is 4. The first kappa shape index (κ1) is 23.0. The summed E-state index contributed by atoms with van der Waals surface area (Å²) in [5.74, 6) is 1.10. The van der Waals surface area contributed by atoms with E-state index in [1.165, 1.54) is 24.1 Å². The molecule has 0 spiro atoms. The van der Waals surface area contributed by atoms with Crippen molar-refractivity contribution in [1.82, 2.24) is 19.1 Å². The van der Waals surface area contributed by atoms with Gasteiger partial charge in [-0.3, -0.25) is 9.48 Å². The van der Waals surface area contributed by atoms with Crippen LogP contribution >= 0.6 is 0 Å². The van der Waals surface area contributed by atoms with Crippen molar-refractivity contribution >= 4 is 32.4 Å². The highest BCUT2D eigenvalue weighted by Gasteiger charge is 2.41. The highest BCUT2D eigenvalue weighted by Crippen LogP contribution is 2.35.